The summed E-state index contributed by atoms with van der Waals surface area (Å²) in [6, 6.07) is 64.5. The summed E-state index contributed by atoms with van der Waals surface area (Å²) in [7, 11) is 0. The first kappa shape index (κ1) is 30.0. The van der Waals surface area contributed by atoms with Crippen LogP contribution in [0.3, 0.4) is 0 Å². The van der Waals surface area contributed by atoms with Gasteiger partial charge in [0.2, 0.25) is 0 Å². The van der Waals surface area contributed by atoms with Crippen LogP contribution in [-0.4, -0.2) is 19.1 Å². The van der Waals surface area contributed by atoms with Crippen molar-refractivity contribution in [2.45, 2.75) is 0 Å². The van der Waals surface area contributed by atoms with Gasteiger partial charge in [-0.1, -0.05) is 84.9 Å². The van der Waals surface area contributed by atoms with Crippen LogP contribution in [0.15, 0.2) is 182 Å². The highest BCUT2D eigenvalue weighted by molar-refractivity contribution is 6.13. The van der Waals surface area contributed by atoms with E-state index in [0.29, 0.717) is 5.82 Å². The van der Waals surface area contributed by atoms with Crippen LogP contribution in [-0.2, 0) is 0 Å². The monoisotopic (exact) mass is 702 g/mol. The molecular formula is C50H30N4O. The second-order valence-corrected chi connectivity index (χ2v) is 14.2. The standard InChI is InChI=1S/C50H30N4O/c1-2-11-34(12-3-1)53-42-17-7-4-13-36(42)39-29-32(23-27-44(39)53)33-24-28-45-40(30-33)37-14-5-8-18-43(37)54(45)35-25-21-31(22-26-35)50-51-41-16-10-20-47-48(41)49(52-50)38-15-6-9-19-46(38)55-47/h1-30H. The molecule has 3 aromatic heterocycles. The Balaban J connectivity index is 0.967. The van der Waals surface area contributed by atoms with Gasteiger partial charge in [0.15, 0.2) is 5.82 Å². The lowest BCUT2D eigenvalue weighted by molar-refractivity contribution is 0.486. The molecule has 0 fully saturated rings. The summed E-state index contributed by atoms with van der Waals surface area (Å²) in [5.41, 5.74) is 13.1. The van der Waals surface area contributed by atoms with E-state index in [1.54, 1.807) is 0 Å². The molecule has 5 heteroatoms. The van der Waals surface area contributed by atoms with E-state index in [4.69, 9.17) is 14.7 Å². The zero-order valence-corrected chi connectivity index (χ0v) is 29.5. The second kappa shape index (κ2) is 11.5. The van der Waals surface area contributed by atoms with Crippen LogP contribution in [0, 0.1) is 0 Å². The molecule has 0 saturated carbocycles. The fourth-order valence-electron chi connectivity index (χ4n) is 8.63. The van der Waals surface area contributed by atoms with Crippen LogP contribution in [0.5, 0.6) is 11.5 Å². The zero-order valence-electron chi connectivity index (χ0n) is 29.5. The third-order valence-corrected chi connectivity index (χ3v) is 11.1. The van der Waals surface area contributed by atoms with Crippen molar-refractivity contribution < 1.29 is 4.74 Å². The van der Waals surface area contributed by atoms with E-state index in [1.165, 1.54) is 49.2 Å². The van der Waals surface area contributed by atoms with E-state index in [1.807, 2.05) is 36.4 Å². The minimum atomic E-state index is 0.693. The molecule has 4 heterocycles. The maximum atomic E-state index is 6.22. The molecule has 0 unspecified atom stereocenters. The molecule has 256 valence electrons. The van der Waals surface area contributed by atoms with E-state index < -0.39 is 0 Å². The first-order valence-electron chi connectivity index (χ1n) is 18.6. The number of nitrogens with zero attached hydrogens (tertiary/aromatic N) is 4. The molecule has 0 N–H and O–H groups in total. The van der Waals surface area contributed by atoms with Crippen molar-refractivity contribution in [1.29, 1.82) is 0 Å². The third-order valence-electron chi connectivity index (χ3n) is 11.1. The summed E-state index contributed by atoms with van der Waals surface area (Å²) in [5.74, 6) is 2.30. The minimum absolute atomic E-state index is 0.693. The van der Waals surface area contributed by atoms with Gasteiger partial charge in [0.05, 0.1) is 38.7 Å². The molecule has 11 aromatic rings. The Morgan fingerprint density at radius 2 is 0.927 bits per heavy atom. The second-order valence-electron chi connectivity index (χ2n) is 14.2. The van der Waals surface area contributed by atoms with Gasteiger partial charge in [-0.3, -0.25) is 0 Å². The molecule has 12 rings (SSSR count). The van der Waals surface area contributed by atoms with Crippen molar-refractivity contribution in [3.8, 4) is 56.6 Å². The van der Waals surface area contributed by atoms with Gasteiger partial charge in [-0.2, -0.15) is 0 Å². The molecule has 0 amide bonds. The molecule has 0 saturated heterocycles. The van der Waals surface area contributed by atoms with Gasteiger partial charge in [0.25, 0.3) is 0 Å². The molecule has 8 aromatic carbocycles. The summed E-state index contributed by atoms with van der Waals surface area (Å²) >= 11 is 0. The topological polar surface area (TPSA) is 44.9 Å². The number of para-hydroxylation sites is 4. The van der Waals surface area contributed by atoms with Crippen LogP contribution < -0.4 is 4.74 Å². The van der Waals surface area contributed by atoms with E-state index in [2.05, 4.69) is 155 Å². The highest BCUT2D eigenvalue weighted by Crippen LogP contribution is 2.45. The number of hydrogen-bond donors (Lipinski definition) is 0. The van der Waals surface area contributed by atoms with E-state index in [0.717, 1.165) is 56.1 Å². The molecule has 0 atom stereocenters. The molecule has 1 aliphatic heterocycles. The Hall–Kier alpha value is -7.50. The predicted molar refractivity (Wildman–Crippen MR) is 225 cm³/mol. The number of hydrogen-bond acceptors (Lipinski definition) is 3. The molecule has 0 aliphatic carbocycles. The summed E-state index contributed by atoms with van der Waals surface area (Å²) < 4.78 is 10.9. The van der Waals surface area contributed by atoms with Crippen molar-refractivity contribution in [3.05, 3.63) is 182 Å². The van der Waals surface area contributed by atoms with Crippen molar-refractivity contribution in [1.82, 2.24) is 19.1 Å². The number of benzene rings is 8. The molecule has 0 radical (unpaired) electrons. The van der Waals surface area contributed by atoms with Crippen LogP contribution in [0.1, 0.15) is 0 Å². The minimum Gasteiger partial charge on any atom is -0.456 e. The smallest absolute Gasteiger partial charge is 0.160 e. The van der Waals surface area contributed by atoms with E-state index in [-0.39, 0.29) is 0 Å². The summed E-state index contributed by atoms with van der Waals surface area (Å²) in [6.45, 7) is 0. The van der Waals surface area contributed by atoms with Gasteiger partial charge >= 0.3 is 0 Å². The average Bonchev–Trinajstić information content (AvgIpc) is 3.76. The number of fused-ring (bicyclic) bond motifs is 8. The van der Waals surface area contributed by atoms with Crippen molar-refractivity contribution in [3.63, 3.8) is 0 Å². The van der Waals surface area contributed by atoms with Crippen LogP contribution in [0.4, 0.5) is 0 Å². The van der Waals surface area contributed by atoms with Gasteiger partial charge < -0.3 is 13.9 Å². The lowest BCUT2D eigenvalue weighted by atomic mass is 10.0. The Morgan fingerprint density at radius 3 is 1.62 bits per heavy atom. The Morgan fingerprint density at radius 1 is 0.382 bits per heavy atom. The highest BCUT2D eigenvalue weighted by atomic mass is 16.5. The first-order valence-corrected chi connectivity index (χ1v) is 18.6. The van der Waals surface area contributed by atoms with Gasteiger partial charge in [0.1, 0.15) is 11.5 Å². The summed E-state index contributed by atoms with van der Waals surface area (Å²) in [4.78, 5) is 10.1. The summed E-state index contributed by atoms with van der Waals surface area (Å²) in [5, 5.41) is 5.89. The number of ether oxygens (including phenoxy) is 1. The van der Waals surface area contributed by atoms with Gasteiger partial charge in [0, 0.05) is 44.0 Å². The Labute approximate surface area is 316 Å². The molecule has 0 spiro atoms. The maximum Gasteiger partial charge on any atom is 0.160 e. The fourth-order valence-corrected chi connectivity index (χ4v) is 8.63. The largest absolute Gasteiger partial charge is 0.456 e. The average molecular weight is 703 g/mol. The molecule has 55 heavy (non-hydrogen) atoms. The zero-order chi connectivity index (χ0) is 36.0. The van der Waals surface area contributed by atoms with Crippen LogP contribution >= 0.6 is 0 Å². The van der Waals surface area contributed by atoms with E-state index in [9.17, 15) is 0 Å². The first-order chi connectivity index (χ1) is 27.3. The normalized spacial score (nSPS) is 12.1. The Bertz CT molecular complexity index is 3340. The van der Waals surface area contributed by atoms with Crippen molar-refractivity contribution in [2.75, 3.05) is 0 Å². The van der Waals surface area contributed by atoms with Gasteiger partial charge in [-0.15, -0.1) is 0 Å². The van der Waals surface area contributed by atoms with Crippen molar-refractivity contribution in [2.24, 2.45) is 0 Å². The van der Waals surface area contributed by atoms with Crippen molar-refractivity contribution >= 4 is 54.5 Å². The summed E-state index contributed by atoms with van der Waals surface area (Å²) in [6.07, 6.45) is 0. The van der Waals surface area contributed by atoms with Gasteiger partial charge in [-0.25, -0.2) is 9.97 Å². The lowest BCUT2D eigenvalue weighted by Gasteiger charge is -2.20. The molecule has 5 nitrogen and oxygen atoms in total. The Kier molecular flexibility index (Phi) is 6.27. The number of aromatic nitrogens is 4. The highest BCUT2D eigenvalue weighted by Gasteiger charge is 2.23. The molecule has 0 bridgehead atoms. The molecular weight excluding hydrogens is 673 g/mol. The van der Waals surface area contributed by atoms with Gasteiger partial charge in [-0.05, 0) is 108 Å². The molecule has 1 aliphatic rings. The van der Waals surface area contributed by atoms with E-state index >= 15 is 0 Å². The number of rotatable bonds is 4. The quantitative estimate of drug-likeness (QED) is 0.183. The lowest BCUT2D eigenvalue weighted by Crippen LogP contribution is -2.02. The fraction of sp³-hybridized carbons (Fsp3) is 0. The SMILES string of the molecule is c1ccc(-n2c3ccccc3c3cc(-c4ccc5c(c4)c4ccccc4n5-c4ccc(-c5nc6c7c(cccc7n5)Oc5ccccc5-6)cc4)ccc32)cc1. The third kappa shape index (κ3) is 4.47. The van der Waals surface area contributed by atoms with Crippen LogP contribution in [0.2, 0.25) is 0 Å². The van der Waals surface area contributed by atoms with Crippen LogP contribution in [0.25, 0.3) is 99.7 Å². The predicted octanol–water partition coefficient (Wildman–Crippen LogP) is 12.9. The maximum absolute atomic E-state index is 6.22.